The maximum absolute atomic E-state index is 13.4. The summed E-state index contributed by atoms with van der Waals surface area (Å²) in [5.41, 5.74) is 0.878. The zero-order valence-corrected chi connectivity index (χ0v) is 22.7. The monoisotopic (exact) mass is 570 g/mol. The van der Waals surface area contributed by atoms with Crippen molar-refractivity contribution in [3.63, 3.8) is 0 Å². The van der Waals surface area contributed by atoms with Crippen LogP contribution in [-0.2, 0) is 10.0 Å². The van der Waals surface area contributed by atoms with Gasteiger partial charge >= 0.3 is 0 Å². The molecule has 13 heteroatoms. The van der Waals surface area contributed by atoms with Crippen LogP contribution in [0, 0.1) is 5.82 Å². The van der Waals surface area contributed by atoms with E-state index in [1.165, 1.54) is 16.4 Å². The van der Waals surface area contributed by atoms with Gasteiger partial charge in [-0.15, -0.1) is 12.4 Å². The van der Waals surface area contributed by atoms with Gasteiger partial charge in [-0.05, 0) is 36.8 Å². The molecule has 1 aliphatic rings. The summed E-state index contributed by atoms with van der Waals surface area (Å²) in [5, 5.41) is 6.44. The average Bonchev–Trinajstić information content (AvgIpc) is 2.94. The van der Waals surface area contributed by atoms with Crippen molar-refractivity contribution in [2.24, 2.45) is 0 Å². The molecule has 0 radical (unpaired) electrons. The van der Waals surface area contributed by atoms with Crippen molar-refractivity contribution in [3.05, 3.63) is 90.6 Å². The SMILES string of the molecule is C[C@H](Nc1nc(Nc2cnccn2)cc(N2CCN(S(=O)(=O)c3ccccc3)CC2)n1)c1ccc(F)cc1.Cl. The lowest BCUT2D eigenvalue weighted by Gasteiger charge is -2.35. The molecule has 1 aliphatic heterocycles. The molecule has 3 heterocycles. The van der Waals surface area contributed by atoms with E-state index in [0.717, 1.165) is 5.56 Å². The third kappa shape index (κ3) is 6.77. The molecule has 10 nitrogen and oxygen atoms in total. The Bertz CT molecular complexity index is 1470. The maximum atomic E-state index is 13.4. The number of sulfonamides is 1. The van der Waals surface area contributed by atoms with Crippen LogP contribution in [0.5, 0.6) is 0 Å². The van der Waals surface area contributed by atoms with E-state index in [9.17, 15) is 12.8 Å². The van der Waals surface area contributed by atoms with Crippen LogP contribution in [-0.4, -0.2) is 58.8 Å². The molecule has 1 saturated heterocycles. The van der Waals surface area contributed by atoms with Gasteiger partial charge in [0.1, 0.15) is 23.3 Å². The molecule has 2 N–H and O–H groups in total. The van der Waals surface area contributed by atoms with E-state index in [1.54, 1.807) is 67.1 Å². The summed E-state index contributed by atoms with van der Waals surface area (Å²) in [5.74, 6) is 1.72. The minimum Gasteiger partial charge on any atom is -0.354 e. The van der Waals surface area contributed by atoms with Gasteiger partial charge in [-0.2, -0.15) is 14.3 Å². The first-order valence-corrected chi connectivity index (χ1v) is 13.6. The number of aromatic nitrogens is 4. The van der Waals surface area contributed by atoms with Crippen molar-refractivity contribution in [1.82, 2.24) is 24.2 Å². The van der Waals surface area contributed by atoms with E-state index in [4.69, 9.17) is 4.98 Å². The number of hydrogen-bond donors (Lipinski definition) is 2. The summed E-state index contributed by atoms with van der Waals surface area (Å²) < 4.78 is 41.0. The highest BCUT2D eigenvalue weighted by Gasteiger charge is 2.29. The molecule has 0 aliphatic carbocycles. The Morgan fingerprint density at radius 1 is 0.923 bits per heavy atom. The van der Waals surface area contributed by atoms with Crippen LogP contribution in [0.15, 0.2) is 84.1 Å². The molecule has 0 spiro atoms. The highest BCUT2D eigenvalue weighted by atomic mass is 35.5. The van der Waals surface area contributed by atoms with E-state index in [1.807, 2.05) is 11.8 Å². The third-order valence-electron chi connectivity index (χ3n) is 6.19. The quantitative estimate of drug-likeness (QED) is 0.320. The molecule has 5 rings (SSSR count). The van der Waals surface area contributed by atoms with Crippen LogP contribution in [0.3, 0.4) is 0 Å². The normalized spacial score (nSPS) is 14.8. The van der Waals surface area contributed by atoms with Crippen molar-refractivity contribution in [1.29, 1.82) is 0 Å². The van der Waals surface area contributed by atoms with Gasteiger partial charge in [-0.25, -0.2) is 17.8 Å². The lowest BCUT2D eigenvalue weighted by molar-refractivity contribution is 0.384. The number of hydrogen-bond acceptors (Lipinski definition) is 9. The van der Waals surface area contributed by atoms with Gasteiger partial charge in [-0.3, -0.25) is 4.98 Å². The second-order valence-corrected chi connectivity index (χ2v) is 10.7. The number of benzene rings is 2. The highest BCUT2D eigenvalue weighted by Crippen LogP contribution is 2.26. The van der Waals surface area contributed by atoms with Crippen LogP contribution < -0.4 is 15.5 Å². The smallest absolute Gasteiger partial charge is 0.243 e. The predicted octanol–water partition coefficient (Wildman–Crippen LogP) is 4.26. The van der Waals surface area contributed by atoms with Crippen LogP contribution in [0.2, 0.25) is 0 Å². The fraction of sp³-hybridized carbons (Fsp3) is 0.231. The van der Waals surface area contributed by atoms with E-state index in [-0.39, 0.29) is 29.2 Å². The molecule has 2 aromatic heterocycles. The number of halogens is 2. The molecule has 0 amide bonds. The van der Waals surface area contributed by atoms with Gasteiger partial charge in [-0.1, -0.05) is 30.3 Å². The average molecular weight is 571 g/mol. The van der Waals surface area contributed by atoms with Crippen molar-refractivity contribution in [3.8, 4) is 0 Å². The van der Waals surface area contributed by atoms with Crippen LogP contribution >= 0.6 is 12.4 Å². The lowest BCUT2D eigenvalue weighted by atomic mass is 10.1. The number of piperazine rings is 1. The molecular formula is C26H28ClFN8O2S. The van der Waals surface area contributed by atoms with E-state index in [0.29, 0.717) is 49.6 Å². The Balaban J connectivity index is 0.00000353. The Morgan fingerprint density at radius 2 is 1.64 bits per heavy atom. The first-order chi connectivity index (χ1) is 18.4. The van der Waals surface area contributed by atoms with Crippen LogP contribution in [0.1, 0.15) is 18.5 Å². The molecule has 0 unspecified atom stereocenters. The first-order valence-electron chi connectivity index (χ1n) is 12.1. The zero-order valence-electron chi connectivity index (χ0n) is 21.1. The summed E-state index contributed by atoms with van der Waals surface area (Å²) >= 11 is 0. The third-order valence-corrected chi connectivity index (χ3v) is 8.10. The molecule has 1 atom stereocenters. The lowest BCUT2D eigenvalue weighted by Crippen LogP contribution is -2.49. The molecule has 2 aromatic carbocycles. The second-order valence-electron chi connectivity index (χ2n) is 8.77. The minimum atomic E-state index is -3.57. The Hall–Kier alpha value is -3.87. The van der Waals surface area contributed by atoms with E-state index < -0.39 is 10.0 Å². The van der Waals surface area contributed by atoms with Gasteiger partial charge in [0, 0.05) is 44.6 Å². The van der Waals surface area contributed by atoms with Crippen molar-refractivity contribution < 1.29 is 12.8 Å². The second kappa shape index (κ2) is 12.3. The number of nitrogens with zero attached hydrogens (tertiary/aromatic N) is 6. The van der Waals surface area contributed by atoms with Gasteiger partial charge in [0.25, 0.3) is 0 Å². The highest BCUT2D eigenvalue weighted by molar-refractivity contribution is 7.89. The molecule has 1 fully saturated rings. The predicted molar refractivity (Wildman–Crippen MR) is 150 cm³/mol. The van der Waals surface area contributed by atoms with Gasteiger partial charge < -0.3 is 15.5 Å². The van der Waals surface area contributed by atoms with E-state index >= 15 is 0 Å². The standard InChI is InChI=1S/C26H27FN8O2S.ClH/c1-19(20-7-9-21(27)10-8-20)30-26-32-23(31-24-18-28-11-12-29-24)17-25(33-26)34-13-15-35(16-14-34)38(36,37)22-5-3-2-4-6-22;/h2-12,17-19H,13-16H2,1H3,(H2,29,30,31,32,33);1H/t19-;/m0./s1. The molecule has 0 bridgehead atoms. The minimum absolute atomic E-state index is 0. The maximum Gasteiger partial charge on any atom is 0.243 e. The summed E-state index contributed by atoms with van der Waals surface area (Å²) in [6.45, 7) is 3.50. The van der Waals surface area contributed by atoms with Gasteiger partial charge in [0.2, 0.25) is 16.0 Å². The van der Waals surface area contributed by atoms with Crippen molar-refractivity contribution in [2.45, 2.75) is 17.9 Å². The topological polar surface area (TPSA) is 116 Å². The van der Waals surface area contributed by atoms with Gasteiger partial charge in [0.15, 0.2) is 0 Å². The Morgan fingerprint density at radius 3 is 2.31 bits per heavy atom. The summed E-state index contributed by atoms with van der Waals surface area (Å²) in [6.07, 6.45) is 4.74. The number of anilines is 4. The van der Waals surface area contributed by atoms with E-state index in [2.05, 4.69) is 25.6 Å². The van der Waals surface area contributed by atoms with Crippen LogP contribution in [0.4, 0.5) is 27.8 Å². The molecule has 204 valence electrons. The molecule has 0 saturated carbocycles. The Labute approximate surface area is 232 Å². The number of nitrogens with one attached hydrogen (secondary N) is 2. The van der Waals surface area contributed by atoms with Crippen LogP contribution in [0.25, 0.3) is 0 Å². The number of rotatable bonds is 8. The fourth-order valence-electron chi connectivity index (χ4n) is 4.15. The molecular weight excluding hydrogens is 543 g/mol. The van der Waals surface area contributed by atoms with Crippen molar-refractivity contribution >= 4 is 45.8 Å². The molecule has 4 aromatic rings. The largest absolute Gasteiger partial charge is 0.354 e. The first kappa shape index (κ1) is 28.1. The zero-order chi connectivity index (χ0) is 26.5. The summed E-state index contributed by atoms with van der Waals surface area (Å²) in [4.78, 5) is 19.9. The van der Waals surface area contributed by atoms with Gasteiger partial charge in [0.05, 0.1) is 17.1 Å². The summed E-state index contributed by atoms with van der Waals surface area (Å²) in [7, 11) is -3.57. The Kier molecular flexibility index (Phi) is 8.90. The molecule has 39 heavy (non-hydrogen) atoms. The van der Waals surface area contributed by atoms with Crippen molar-refractivity contribution in [2.75, 3.05) is 41.7 Å². The fourth-order valence-corrected chi connectivity index (χ4v) is 5.59. The summed E-state index contributed by atoms with van der Waals surface area (Å²) in [6, 6.07) is 16.3.